The van der Waals surface area contributed by atoms with E-state index in [9.17, 15) is 14.9 Å². The molecule has 1 aliphatic rings. The van der Waals surface area contributed by atoms with E-state index in [1.165, 1.54) is 6.07 Å². The number of carboxylic acids is 1. The first kappa shape index (κ1) is 19.5. The van der Waals surface area contributed by atoms with Crippen LogP contribution in [0.1, 0.15) is 24.6 Å². The van der Waals surface area contributed by atoms with Crippen molar-refractivity contribution in [3.05, 3.63) is 51.4 Å². The molecule has 2 N–H and O–H groups in total. The first-order chi connectivity index (χ1) is 13.0. The highest BCUT2D eigenvalue weighted by atomic mass is 32.1. The van der Waals surface area contributed by atoms with Crippen molar-refractivity contribution < 1.29 is 14.8 Å². The first-order valence-corrected chi connectivity index (χ1v) is 9.81. The van der Waals surface area contributed by atoms with E-state index in [1.807, 2.05) is 30.0 Å². The van der Waals surface area contributed by atoms with Gasteiger partial charge in [0.15, 0.2) is 0 Å². The maximum Gasteiger partial charge on any atom is 0.317 e. The Bertz CT molecular complexity index is 817. The van der Waals surface area contributed by atoms with Crippen molar-refractivity contribution >= 4 is 23.0 Å². The molecular formula is C19H23N3O4S. The van der Waals surface area contributed by atoms with Gasteiger partial charge in [-0.05, 0) is 37.6 Å². The Morgan fingerprint density at radius 1 is 1.33 bits per heavy atom. The molecule has 0 amide bonds. The van der Waals surface area contributed by atoms with Gasteiger partial charge in [0.25, 0.3) is 5.69 Å². The summed E-state index contributed by atoms with van der Waals surface area (Å²) in [6, 6.07) is 11.4. The van der Waals surface area contributed by atoms with E-state index in [2.05, 4.69) is 5.32 Å². The molecule has 0 bridgehead atoms. The molecule has 0 aliphatic heterocycles. The van der Waals surface area contributed by atoms with Gasteiger partial charge in [0.1, 0.15) is 0 Å². The summed E-state index contributed by atoms with van der Waals surface area (Å²) in [6.07, 6.45) is 1.90. The number of nitrogens with one attached hydrogen (secondary N) is 1. The molecule has 1 fully saturated rings. The lowest BCUT2D eigenvalue weighted by Gasteiger charge is -2.42. The third kappa shape index (κ3) is 4.71. The quantitative estimate of drug-likeness (QED) is 0.504. The fourth-order valence-electron chi connectivity index (χ4n) is 3.43. The van der Waals surface area contributed by atoms with Crippen LogP contribution in [0.25, 0.3) is 10.4 Å². The molecule has 0 unspecified atom stereocenters. The molecule has 1 aromatic carbocycles. The zero-order valence-electron chi connectivity index (χ0n) is 15.1. The Kier molecular flexibility index (Phi) is 6.20. The van der Waals surface area contributed by atoms with Gasteiger partial charge in [-0.25, -0.2) is 0 Å². The van der Waals surface area contributed by atoms with Gasteiger partial charge in [-0.3, -0.25) is 19.8 Å². The zero-order chi connectivity index (χ0) is 19.4. The van der Waals surface area contributed by atoms with Crippen LogP contribution < -0.4 is 5.32 Å². The van der Waals surface area contributed by atoms with Crippen molar-refractivity contribution in [2.45, 2.75) is 38.4 Å². The summed E-state index contributed by atoms with van der Waals surface area (Å²) >= 11 is 1.56. The molecule has 1 heterocycles. The predicted molar refractivity (Wildman–Crippen MR) is 105 cm³/mol. The van der Waals surface area contributed by atoms with Gasteiger partial charge < -0.3 is 10.4 Å². The lowest BCUT2D eigenvalue weighted by molar-refractivity contribution is -0.384. The van der Waals surface area contributed by atoms with Gasteiger partial charge in [0, 0.05) is 34.4 Å². The summed E-state index contributed by atoms with van der Waals surface area (Å²) in [7, 11) is 0. The Hall–Kier alpha value is -2.29. The zero-order valence-corrected chi connectivity index (χ0v) is 15.9. The minimum atomic E-state index is -0.783. The third-order valence-corrected chi connectivity index (χ3v) is 6.09. The second kappa shape index (κ2) is 8.60. The molecule has 144 valence electrons. The number of nitro benzene ring substituents is 1. The summed E-state index contributed by atoms with van der Waals surface area (Å²) in [6.45, 7) is 3.54. The number of nitrogens with zero attached hydrogens (tertiary/aromatic N) is 2. The van der Waals surface area contributed by atoms with E-state index in [-0.39, 0.29) is 17.2 Å². The Morgan fingerprint density at radius 2 is 2.07 bits per heavy atom. The van der Waals surface area contributed by atoms with E-state index in [0.717, 1.165) is 29.1 Å². The van der Waals surface area contributed by atoms with Gasteiger partial charge in [0.2, 0.25) is 0 Å². The van der Waals surface area contributed by atoms with Crippen LogP contribution in [0, 0.1) is 10.1 Å². The molecule has 0 spiro atoms. The molecule has 0 radical (unpaired) electrons. The summed E-state index contributed by atoms with van der Waals surface area (Å²) in [5.41, 5.74) is 0.772. The minimum Gasteiger partial charge on any atom is -0.480 e. The lowest BCUT2D eigenvalue weighted by Crippen LogP contribution is -2.53. The number of para-hydroxylation sites is 1. The van der Waals surface area contributed by atoms with Crippen LogP contribution in [0.2, 0.25) is 0 Å². The lowest BCUT2D eigenvalue weighted by atomic mass is 9.85. The fraction of sp³-hybridized carbons (Fsp3) is 0.421. The highest BCUT2D eigenvalue weighted by Crippen LogP contribution is 2.35. The number of carbonyl (C=O) groups is 1. The number of rotatable bonds is 9. The molecular weight excluding hydrogens is 366 g/mol. The Labute approximate surface area is 161 Å². The Balaban J connectivity index is 1.53. The van der Waals surface area contributed by atoms with Gasteiger partial charge in [-0.15, -0.1) is 11.3 Å². The number of aliphatic carboxylic acids is 1. The van der Waals surface area contributed by atoms with Crippen LogP contribution in [-0.2, 0) is 11.3 Å². The fourth-order valence-corrected chi connectivity index (χ4v) is 4.42. The molecule has 1 saturated carbocycles. The van der Waals surface area contributed by atoms with Crippen molar-refractivity contribution in [2.24, 2.45) is 0 Å². The maximum absolute atomic E-state index is 11.2. The summed E-state index contributed by atoms with van der Waals surface area (Å²) in [4.78, 5) is 25.8. The molecule has 27 heavy (non-hydrogen) atoms. The van der Waals surface area contributed by atoms with E-state index in [1.54, 1.807) is 23.5 Å². The molecule has 1 aromatic heterocycles. The van der Waals surface area contributed by atoms with Gasteiger partial charge in [0.05, 0.1) is 17.0 Å². The summed E-state index contributed by atoms with van der Waals surface area (Å²) in [5.74, 6) is -0.783. The van der Waals surface area contributed by atoms with Crippen LogP contribution in [0.5, 0.6) is 0 Å². The summed E-state index contributed by atoms with van der Waals surface area (Å²) < 4.78 is 0. The van der Waals surface area contributed by atoms with Crippen molar-refractivity contribution in [3.8, 4) is 10.4 Å². The van der Waals surface area contributed by atoms with E-state index >= 15 is 0 Å². The SMILES string of the molecule is CCN(CC(=O)O)C1CC(NCc2ccc(-c3ccccc3[N+](=O)[O-])s2)C1. The normalized spacial score (nSPS) is 19.0. The van der Waals surface area contributed by atoms with Gasteiger partial charge in [-0.2, -0.15) is 0 Å². The largest absolute Gasteiger partial charge is 0.480 e. The monoisotopic (exact) mass is 389 g/mol. The van der Waals surface area contributed by atoms with Crippen molar-refractivity contribution in [1.82, 2.24) is 10.2 Å². The third-order valence-electron chi connectivity index (χ3n) is 4.97. The standard InChI is InChI=1S/C19H23N3O4S/c1-2-21(12-19(23)24)14-9-13(10-14)20-11-15-7-8-18(27-15)16-5-3-4-6-17(16)22(25)26/h3-8,13-14,20H,2,9-12H2,1H3,(H,23,24). The van der Waals surface area contributed by atoms with Crippen LogP contribution in [-0.4, -0.2) is 46.1 Å². The van der Waals surface area contributed by atoms with E-state index in [4.69, 9.17) is 5.11 Å². The van der Waals surface area contributed by atoms with Gasteiger partial charge in [-0.1, -0.05) is 19.1 Å². The molecule has 3 rings (SSSR count). The maximum atomic E-state index is 11.2. The molecule has 1 aliphatic carbocycles. The summed E-state index contributed by atoms with van der Waals surface area (Å²) in [5, 5.41) is 23.7. The molecule has 8 heteroatoms. The second-order valence-electron chi connectivity index (χ2n) is 6.70. The average Bonchev–Trinajstić information content (AvgIpc) is 3.07. The molecule has 7 nitrogen and oxygen atoms in total. The minimum absolute atomic E-state index is 0.0953. The number of benzene rings is 1. The van der Waals surface area contributed by atoms with Crippen LogP contribution in [0.15, 0.2) is 36.4 Å². The van der Waals surface area contributed by atoms with Crippen LogP contribution in [0.4, 0.5) is 5.69 Å². The van der Waals surface area contributed by atoms with Crippen molar-refractivity contribution in [3.63, 3.8) is 0 Å². The van der Waals surface area contributed by atoms with Gasteiger partial charge >= 0.3 is 5.97 Å². The average molecular weight is 389 g/mol. The van der Waals surface area contributed by atoms with E-state index < -0.39 is 5.97 Å². The van der Waals surface area contributed by atoms with E-state index in [0.29, 0.717) is 24.2 Å². The predicted octanol–water partition coefficient (Wildman–Crippen LogP) is 3.35. The molecule has 0 saturated heterocycles. The number of nitro groups is 1. The van der Waals surface area contributed by atoms with Crippen LogP contribution in [0.3, 0.4) is 0 Å². The Morgan fingerprint density at radius 3 is 2.74 bits per heavy atom. The topological polar surface area (TPSA) is 95.7 Å². The molecule has 2 aromatic rings. The number of thiophene rings is 1. The first-order valence-electron chi connectivity index (χ1n) is 8.99. The van der Waals surface area contributed by atoms with Crippen molar-refractivity contribution in [2.75, 3.05) is 13.1 Å². The molecule has 0 atom stereocenters. The van der Waals surface area contributed by atoms with Crippen molar-refractivity contribution in [1.29, 1.82) is 0 Å². The number of likely N-dealkylation sites (N-methyl/N-ethyl adjacent to an activating group) is 1. The highest BCUT2D eigenvalue weighted by molar-refractivity contribution is 7.15. The smallest absolute Gasteiger partial charge is 0.317 e. The van der Waals surface area contributed by atoms with Crippen LogP contribution >= 0.6 is 11.3 Å². The number of hydrogen-bond donors (Lipinski definition) is 2. The number of carboxylic acid groups (broad SMARTS) is 1. The number of hydrogen-bond acceptors (Lipinski definition) is 6. The highest BCUT2D eigenvalue weighted by Gasteiger charge is 2.33. The second-order valence-corrected chi connectivity index (χ2v) is 7.87.